The van der Waals surface area contributed by atoms with E-state index in [4.69, 9.17) is 16.3 Å². The summed E-state index contributed by atoms with van der Waals surface area (Å²) in [5.41, 5.74) is -0.848. The molecule has 0 amide bonds. The van der Waals surface area contributed by atoms with Crippen LogP contribution in [0.3, 0.4) is 0 Å². The van der Waals surface area contributed by atoms with E-state index in [-0.39, 0.29) is 17.2 Å². The van der Waals surface area contributed by atoms with Crippen molar-refractivity contribution in [1.82, 2.24) is 0 Å². The molecule has 154 valence electrons. The second-order valence-corrected chi connectivity index (χ2v) is 8.32. The van der Waals surface area contributed by atoms with Gasteiger partial charge in [-0.1, -0.05) is 44.9 Å². The van der Waals surface area contributed by atoms with Crippen molar-refractivity contribution in [2.24, 2.45) is 17.8 Å². The number of carbonyl (C=O) groups is 2. The monoisotopic (exact) mass is 408 g/mol. The lowest BCUT2D eigenvalue weighted by Gasteiger charge is -2.39. The highest BCUT2D eigenvalue weighted by Gasteiger charge is 2.49. The minimum atomic E-state index is -1.83. The van der Waals surface area contributed by atoms with Gasteiger partial charge in [-0.05, 0) is 31.9 Å². The van der Waals surface area contributed by atoms with Crippen molar-refractivity contribution in [3.8, 4) is 0 Å². The molecule has 5 atom stereocenters. The van der Waals surface area contributed by atoms with Gasteiger partial charge in [0.25, 0.3) is 0 Å². The highest BCUT2D eigenvalue weighted by atomic mass is 35.5. The topological polar surface area (TPSA) is 83.8 Å². The van der Waals surface area contributed by atoms with Gasteiger partial charge in [0, 0.05) is 29.4 Å². The lowest BCUT2D eigenvalue weighted by molar-refractivity contribution is -0.138. The van der Waals surface area contributed by atoms with Crippen molar-refractivity contribution < 1.29 is 24.5 Å². The number of ketones is 2. The van der Waals surface area contributed by atoms with E-state index in [0.717, 1.165) is 6.42 Å². The van der Waals surface area contributed by atoms with Crippen molar-refractivity contribution in [2.75, 3.05) is 0 Å². The number of aliphatic hydroxyl groups is 2. The Morgan fingerprint density at radius 2 is 2.04 bits per heavy atom. The maximum Gasteiger partial charge on any atom is 0.206 e. The van der Waals surface area contributed by atoms with Gasteiger partial charge in [-0.2, -0.15) is 0 Å². The first-order chi connectivity index (χ1) is 13.0. The Balaban J connectivity index is 2.39. The van der Waals surface area contributed by atoms with Crippen LogP contribution in [0.25, 0.3) is 0 Å². The van der Waals surface area contributed by atoms with E-state index in [1.165, 1.54) is 20.1 Å². The van der Waals surface area contributed by atoms with Crippen LogP contribution in [-0.2, 0) is 14.3 Å². The van der Waals surface area contributed by atoms with Crippen LogP contribution in [0.4, 0.5) is 0 Å². The van der Waals surface area contributed by atoms with Crippen LogP contribution in [0.15, 0.2) is 46.4 Å². The van der Waals surface area contributed by atoms with E-state index >= 15 is 0 Å². The number of fused-ring (bicyclic) bond motifs is 1. The molecular weight excluding hydrogens is 380 g/mol. The van der Waals surface area contributed by atoms with Gasteiger partial charge in [-0.3, -0.25) is 9.59 Å². The predicted octanol–water partition coefficient (Wildman–Crippen LogP) is 3.81. The summed E-state index contributed by atoms with van der Waals surface area (Å²) in [7, 11) is 0. The zero-order valence-electron chi connectivity index (χ0n) is 17.0. The summed E-state index contributed by atoms with van der Waals surface area (Å²) in [4.78, 5) is 25.3. The smallest absolute Gasteiger partial charge is 0.206 e. The number of rotatable bonds is 7. The maximum absolute atomic E-state index is 12.7. The van der Waals surface area contributed by atoms with Crippen molar-refractivity contribution in [1.29, 1.82) is 0 Å². The highest BCUT2D eigenvalue weighted by Crippen LogP contribution is 2.45. The summed E-state index contributed by atoms with van der Waals surface area (Å²) in [5, 5.41) is 20.5. The predicted molar refractivity (Wildman–Crippen MR) is 108 cm³/mol. The molecule has 0 aromatic heterocycles. The van der Waals surface area contributed by atoms with Crippen LogP contribution in [0.1, 0.15) is 47.5 Å². The van der Waals surface area contributed by atoms with E-state index in [1.54, 1.807) is 13.0 Å². The summed E-state index contributed by atoms with van der Waals surface area (Å²) >= 11 is 6.28. The summed E-state index contributed by atoms with van der Waals surface area (Å²) < 4.78 is 5.68. The van der Waals surface area contributed by atoms with E-state index < -0.39 is 29.3 Å². The van der Waals surface area contributed by atoms with Gasteiger partial charge in [0.2, 0.25) is 5.78 Å². The number of allylic oxidation sites excluding steroid dienone is 4. The molecule has 0 spiro atoms. The van der Waals surface area contributed by atoms with E-state index in [9.17, 15) is 19.8 Å². The number of ether oxygens (including phenoxy) is 1. The lowest BCUT2D eigenvalue weighted by atomic mass is 9.69. The fourth-order valence-electron chi connectivity index (χ4n) is 3.17. The largest absolute Gasteiger partial charge is 0.465 e. The quantitative estimate of drug-likeness (QED) is 0.669. The molecule has 0 radical (unpaired) electrons. The molecule has 0 bridgehead atoms. The Labute approximate surface area is 171 Å². The van der Waals surface area contributed by atoms with Crippen LogP contribution in [-0.4, -0.2) is 33.5 Å². The van der Waals surface area contributed by atoms with E-state index in [2.05, 4.69) is 13.8 Å². The van der Waals surface area contributed by atoms with Crippen LogP contribution < -0.4 is 0 Å². The molecule has 0 saturated carbocycles. The number of Topliss-reactive ketones (excluding diaryl/α,β-unsaturated/α-hetero) is 2. The van der Waals surface area contributed by atoms with Gasteiger partial charge < -0.3 is 14.9 Å². The molecule has 2 N–H and O–H groups in total. The Bertz CT molecular complexity index is 770. The maximum atomic E-state index is 12.7. The van der Waals surface area contributed by atoms with Crippen molar-refractivity contribution in [3.63, 3.8) is 0 Å². The fraction of sp³-hybridized carbons (Fsp3) is 0.545. The van der Waals surface area contributed by atoms with Crippen LogP contribution in [0.5, 0.6) is 0 Å². The van der Waals surface area contributed by atoms with Crippen LogP contribution >= 0.6 is 11.6 Å². The molecule has 1 aliphatic carbocycles. The first kappa shape index (κ1) is 22.6. The normalized spacial score (nSPS) is 28.3. The zero-order chi connectivity index (χ0) is 21.2. The SMILES string of the molecule is CCC(C)C=CC1=CC2=C(Cl)C(=O)C(C)(O)C(CC(=O)C(C)C(C)O)C2=CO1. The lowest BCUT2D eigenvalue weighted by Crippen LogP contribution is -2.49. The second kappa shape index (κ2) is 8.76. The first-order valence-corrected chi connectivity index (χ1v) is 10.0. The van der Waals surface area contributed by atoms with Crippen molar-refractivity contribution in [2.45, 2.75) is 59.2 Å². The Morgan fingerprint density at radius 3 is 2.61 bits per heavy atom. The molecule has 0 aromatic rings. The average Bonchev–Trinajstić information content (AvgIpc) is 2.66. The molecule has 2 aliphatic rings. The molecule has 5 nitrogen and oxygen atoms in total. The van der Waals surface area contributed by atoms with Gasteiger partial charge >= 0.3 is 0 Å². The summed E-state index contributed by atoms with van der Waals surface area (Å²) in [6.45, 7) is 8.69. The van der Waals surface area contributed by atoms with Crippen LogP contribution in [0, 0.1) is 17.8 Å². The highest BCUT2D eigenvalue weighted by molar-refractivity contribution is 6.45. The van der Waals surface area contributed by atoms with E-state index in [0.29, 0.717) is 22.8 Å². The molecule has 1 heterocycles. The summed E-state index contributed by atoms with van der Waals surface area (Å²) in [6, 6.07) is 0. The first-order valence-electron chi connectivity index (χ1n) is 9.65. The third-order valence-electron chi connectivity index (χ3n) is 5.74. The number of aliphatic hydroxyl groups excluding tert-OH is 1. The average molecular weight is 409 g/mol. The minimum Gasteiger partial charge on any atom is -0.465 e. The second-order valence-electron chi connectivity index (χ2n) is 7.94. The van der Waals surface area contributed by atoms with Gasteiger partial charge in [0.1, 0.15) is 17.1 Å². The molecule has 6 heteroatoms. The summed E-state index contributed by atoms with van der Waals surface area (Å²) in [5.74, 6) is -1.35. The third-order valence-corrected chi connectivity index (χ3v) is 6.11. The Kier molecular flexibility index (Phi) is 7.07. The summed E-state index contributed by atoms with van der Waals surface area (Å²) in [6.07, 6.45) is 7.03. The number of carbonyl (C=O) groups excluding carboxylic acids is 2. The Hall–Kier alpha value is -1.69. The van der Waals surface area contributed by atoms with Crippen molar-refractivity contribution >= 4 is 23.2 Å². The molecule has 1 aliphatic heterocycles. The standard InChI is InChI=1S/C22H29ClO5/c1-6-12(2)7-8-15-9-16-17(11-28-15)18(10-19(25)13(3)14(4)24)22(5,27)21(26)20(16)23/h7-9,11-14,18,24,27H,6,10H2,1-5H3. The molecule has 0 fully saturated rings. The third kappa shape index (κ3) is 4.48. The van der Waals surface area contributed by atoms with Gasteiger partial charge in [-0.15, -0.1) is 0 Å². The molecule has 2 rings (SSSR count). The van der Waals surface area contributed by atoms with Crippen LogP contribution in [0.2, 0.25) is 0 Å². The van der Waals surface area contributed by atoms with E-state index in [1.807, 2.05) is 12.2 Å². The Morgan fingerprint density at radius 1 is 1.39 bits per heavy atom. The molecule has 0 saturated heterocycles. The zero-order valence-corrected chi connectivity index (χ0v) is 17.8. The van der Waals surface area contributed by atoms with Gasteiger partial charge in [0.05, 0.1) is 17.4 Å². The van der Waals surface area contributed by atoms with Gasteiger partial charge in [0.15, 0.2) is 0 Å². The fourth-order valence-corrected chi connectivity index (χ4v) is 3.52. The number of hydrogen-bond donors (Lipinski definition) is 2. The van der Waals surface area contributed by atoms with Crippen molar-refractivity contribution in [3.05, 3.63) is 46.4 Å². The minimum absolute atomic E-state index is 0.0683. The number of hydrogen-bond acceptors (Lipinski definition) is 5. The van der Waals surface area contributed by atoms with Gasteiger partial charge in [-0.25, -0.2) is 0 Å². The molecule has 5 unspecified atom stereocenters. The molecule has 0 aromatic carbocycles. The molecule has 28 heavy (non-hydrogen) atoms. The number of halogens is 1. The molecular formula is C22H29ClO5.